The number of nitrogens with zero attached hydrogens (tertiary/aromatic N) is 1. The zero-order chi connectivity index (χ0) is 14.7. The van der Waals surface area contributed by atoms with E-state index < -0.39 is 0 Å². The molecule has 1 atom stereocenters. The van der Waals surface area contributed by atoms with Gasteiger partial charge in [0.15, 0.2) is 0 Å². The van der Waals surface area contributed by atoms with Gasteiger partial charge in [0.25, 0.3) is 0 Å². The van der Waals surface area contributed by atoms with Crippen molar-refractivity contribution in [3.05, 3.63) is 24.3 Å². The minimum absolute atomic E-state index is 0.0457. The third-order valence-electron chi connectivity index (χ3n) is 4.20. The van der Waals surface area contributed by atoms with Gasteiger partial charge >= 0.3 is 0 Å². The Kier molecular flexibility index (Phi) is 4.08. The molecule has 2 fully saturated rings. The Morgan fingerprint density at radius 1 is 1.14 bits per heavy atom. The lowest BCUT2D eigenvalue weighted by Gasteiger charge is -2.28. The maximum Gasteiger partial charge on any atom is 0.229 e. The quantitative estimate of drug-likeness (QED) is 0.890. The summed E-state index contributed by atoms with van der Waals surface area (Å²) in [4.78, 5) is 25.6. The lowest BCUT2D eigenvalue weighted by Crippen LogP contribution is -2.29. The van der Waals surface area contributed by atoms with Gasteiger partial charge in [-0.3, -0.25) is 9.59 Å². The molecule has 0 spiro atoms. The van der Waals surface area contributed by atoms with Crippen molar-refractivity contribution >= 4 is 23.2 Å². The van der Waals surface area contributed by atoms with Crippen LogP contribution in [0.1, 0.15) is 25.7 Å². The molecule has 21 heavy (non-hydrogen) atoms. The molecular formula is C16H21N3O2. The predicted octanol–water partition coefficient (Wildman–Crippen LogP) is 1.75. The highest BCUT2D eigenvalue weighted by molar-refractivity contribution is 5.97. The number of rotatable bonds is 3. The molecule has 0 saturated carbocycles. The molecule has 112 valence electrons. The fourth-order valence-corrected chi connectivity index (χ4v) is 2.94. The Hall–Kier alpha value is -2.04. The summed E-state index contributed by atoms with van der Waals surface area (Å²) in [7, 11) is 0. The second kappa shape index (κ2) is 6.16. The Morgan fingerprint density at radius 2 is 1.86 bits per heavy atom. The summed E-state index contributed by atoms with van der Waals surface area (Å²) in [5.41, 5.74) is 2.01. The molecule has 1 aromatic rings. The number of nitrogens with one attached hydrogen (secondary N) is 2. The third-order valence-corrected chi connectivity index (χ3v) is 4.20. The van der Waals surface area contributed by atoms with Crippen molar-refractivity contribution in [2.45, 2.75) is 25.7 Å². The Labute approximate surface area is 124 Å². The van der Waals surface area contributed by atoms with Crippen LogP contribution in [-0.4, -0.2) is 31.4 Å². The lowest BCUT2D eigenvalue weighted by molar-refractivity contribution is -0.123. The first kappa shape index (κ1) is 13.9. The summed E-state index contributed by atoms with van der Waals surface area (Å²) in [6, 6.07) is 7.98. The summed E-state index contributed by atoms with van der Waals surface area (Å²) in [5.74, 6) is -0.381. The molecule has 5 heteroatoms. The second-order valence-corrected chi connectivity index (χ2v) is 5.79. The Morgan fingerprint density at radius 3 is 2.48 bits per heavy atom. The van der Waals surface area contributed by atoms with E-state index in [-0.39, 0.29) is 24.2 Å². The zero-order valence-corrected chi connectivity index (χ0v) is 12.1. The lowest BCUT2D eigenvalue weighted by atomic mass is 10.1. The highest BCUT2D eigenvalue weighted by atomic mass is 16.2. The van der Waals surface area contributed by atoms with Crippen LogP contribution in [-0.2, 0) is 9.59 Å². The van der Waals surface area contributed by atoms with Gasteiger partial charge in [0.2, 0.25) is 11.8 Å². The van der Waals surface area contributed by atoms with E-state index >= 15 is 0 Å². The summed E-state index contributed by atoms with van der Waals surface area (Å²) in [5, 5.41) is 5.57. The predicted molar refractivity (Wildman–Crippen MR) is 82.3 cm³/mol. The fraction of sp³-hybridized carbons (Fsp3) is 0.500. The van der Waals surface area contributed by atoms with E-state index in [9.17, 15) is 9.59 Å². The van der Waals surface area contributed by atoms with Crippen LogP contribution in [0.5, 0.6) is 0 Å². The van der Waals surface area contributed by atoms with Crippen molar-refractivity contribution in [3.8, 4) is 0 Å². The SMILES string of the molecule is O=C1CC(C(=O)Nc2ccc(N3CCCCC3)cc2)CN1. The molecule has 2 saturated heterocycles. The van der Waals surface area contributed by atoms with E-state index in [1.807, 2.05) is 12.1 Å². The van der Waals surface area contributed by atoms with Crippen LogP contribution in [0, 0.1) is 5.92 Å². The topological polar surface area (TPSA) is 61.4 Å². The van der Waals surface area contributed by atoms with Crippen molar-refractivity contribution in [3.63, 3.8) is 0 Å². The third kappa shape index (κ3) is 3.35. The van der Waals surface area contributed by atoms with Gasteiger partial charge in [-0.25, -0.2) is 0 Å². The van der Waals surface area contributed by atoms with Crippen LogP contribution in [0.3, 0.4) is 0 Å². The zero-order valence-electron chi connectivity index (χ0n) is 12.1. The molecule has 2 amide bonds. The van der Waals surface area contributed by atoms with Crippen molar-refractivity contribution in [2.75, 3.05) is 29.9 Å². The molecule has 2 aliphatic heterocycles. The molecule has 2 N–H and O–H groups in total. The number of hydrogen-bond acceptors (Lipinski definition) is 3. The van der Waals surface area contributed by atoms with E-state index in [4.69, 9.17) is 0 Å². The van der Waals surface area contributed by atoms with E-state index in [1.165, 1.54) is 24.9 Å². The van der Waals surface area contributed by atoms with Crippen molar-refractivity contribution in [1.29, 1.82) is 0 Å². The van der Waals surface area contributed by atoms with E-state index in [1.54, 1.807) is 0 Å². The Bertz CT molecular complexity index is 521. The molecular weight excluding hydrogens is 266 g/mol. The van der Waals surface area contributed by atoms with Gasteiger partial charge in [0.1, 0.15) is 0 Å². The maximum absolute atomic E-state index is 12.0. The summed E-state index contributed by atoms with van der Waals surface area (Å²) >= 11 is 0. The number of amides is 2. The average molecular weight is 287 g/mol. The molecule has 0 radical (unpaired) electrons. The molecule has 1 unspecified atom stereocenters. The van der Waals surface area contributed by atoms with Crippen LogP contribution >= 0.6 is 0 Å². The average Bonchev–Trinajstić information content (AvgIpc) is 2.96. The van der Waals surface area contributed by atoms with Crippen molar-refractivity contribution in [1.82, 2.24) is 5.32 Å². The van der Waals surface area contributed by atoms with Gasteiger partial charge in [-0.2, -0.15) is 0 Å². The normalized spacial score (nSPS) is 22.0. The van der Waals surface area contributed by atoms with Crippen LogP contribution in [0.15, 0.2) is 24.3 Å². The van der Waals surface area contributed by atoms with Gasteiger partial charge in [-0.1, -0.05) is 0 Å². The molecule has 0 aromatic heterocycles. The van der Waals surface area contributed by atoms with Gasteiger partial charge in [-0.15, -0.1) is 0 Å². The van der Waals surface area contributed by atoms with Crippen LogP contribution in [0.25, 0.3) is 0 Å². The largest absolute Gasteiger partial charge is 0.372 e. The molecule has 0 bridgehead atoms. The number of anilines is 2. The first-order valence-electron chi connectivity index (χ1n) is 7.65. The van der Waals surface area contributed by atoms with Crippen LogP contribution in [0.2, 0.25) is 0 Å². The monoisotopic (exact) mass is 287 g/mol. The highest BCUT2D eigenvalue weighted by Gasteiger charge is 2.27. The molecule has 2 heterocycles. The standard InChI is InChI=1S/C16H21N3O2/c20-15-10-12(11-17-15)16(21)18-13-4-6-14(7-5-13)19-8-2-1-3-9-19/h4-7,12H,1-3,8-11H2,(H,17,20)(H,18,21). The number of hydrogen-bond donors (Lipinski definition) is 2. The number of carbonyl (C=O) groups is 2. The van der Waals surface area contributed by atoms with Crippen LogP contribution in [0.4, 0.5) is 11.4 Å². The number of piperidine rings is 1. The van der Waals surface area contributed by atoms with Crippen LogP contribution < -0.4 is 15.5 Å². The number of benzene rings is 1. The number of carbonyl (C=O) groups excluding carboxylic acids is 2. The smallest absolute Gasteiger partial charge is 0.229 e. The minimum atomic E-state index is -0.251. The fourth-order valence-electron chi connectivity index (χ4n) is 2.94. The minimum Gasteiger partial charge on any atom is -0.372 e. The van der Waals surface area contributed by atoms with Crippen molar-refractivity contribution in [2.24, 2.45) is 5.92 Å². The van der Waals surface area contributed by atoms with Crippen molar-refractivity contribution < 1.29 is 9.59 Å². The van der Waals surface area contributed by atoms with Gasteiger partial charge in [0, 0.05) is 37.4 Å². The van der Waals surface area contributed by atoms with E-state index in [2.05, 4.69) is 27.7 Å². The maximum atomic E-state index is 12.0. The summed E-state index contributed by atoms with van der Waals surface area (Å²) < 4.78 is 0. The second-order valence-electron chi connectivity index (χ2n) is 5.79. The molecule has 2 aliphatic rings. The van der Waals surface area contributed by atoms with E-state index in [0.717, 1.165) is 18.8 Å². The molecule has 5 nitrogen and oxygen atoms in total. The Balaban J connectivity index is 1.59. The van der Waals surface area contributed by atoms with E-state index in [0.29, 0.717) is 6.54 Å². The molecule has 1 aromatic carbocycles. The first-order valence-corrected chi connectivity index (χ1v) is 7.65. The van der Waals surface area contributed by atoms with Gasteiger partial charge in [-0.05, 0) is 43.5 Å². The molecule has 3 rings (SSSR count). The van der Waals surface area contributed by atoms with Gasteiger partial charge < -0.3 is 15.5 Å². The first-order chi connectivity index (χ1) is 10.2. The van der Waals surface area contributed by atoms with Gasteiger partial charge in [0.05, 0.1) is 5.92 Å². The summed E-state index contributed by atoms with van der Waals surface area (Å²) in [6.07, 6.45) is 4.11. The molecule has 0 aliphatic carbocycles. The highest BCUT2D eigenvalue weighted by Crippen LogP contribution is 2.22. The summed E-state index contributed by atoms with van der Waals surface area (Å²) in [6.45, 7) is 2.67.